The van der Waals surface area contributed by atoms with E-state index in [9.17, 15) is 4.79 Å². The van der Waals surface area contributed by atoms with Crippen LogP contribution in [-0.2, 0) is 0 Å². The molecule has 1 aliphatic heterocycles. The third kappa shape index (κ3) is 4.77. The molecule has 0 bridgehead atoms. The zero-order valence-corrected chi connectivity index (χ0v) is 18.3. The fourth-order valence-corrected chi connectivity index (χ4v) is 3.73. The van der Waals surface area contributed by atoms with E-state index in [1.807, 2.05) is 24.3 Å². The predicted molar refractivity (Wildman–Crippen MR) is 118 cm³/mol. The topological polar surface area (TPSA) is 99.0 Å². The highest BCUT2D eigenvalue weighted by Gasteiger charge is 2.29. The van der Waals surface area contributed by atoms with Crippen molar-refractivity contribution in [1.82, 2.24) is 15.0 Å². The molecule has 4 rings (SSSR count). The Morgan fingerprint density at radius 2 is 1.81 bits per heavy atom. The van der Waals surface area contributed by atoms with Gasteiger partial charge >= 0.3 is 6.03 Å². The number of likely N-dealkylation sites (tertiary alicyclic amines) is 1. The fourth-order valence-electron chi connectivity index (χ4n) is 3.73. The van der Waals surface area contributed by atoms with E-state index >= 15 is 0 Å². The molecule has 1 saturated heterocycles. The van der Waals surface area contributed by atoms with E-state index in [0.717, 1.165) is 24.2 Å². The normalized spacial score (nSPS) is 15.8. The lowest BCUT2D eigenvalue weighted by Crippen LogP contribution is -2.41. The van der Waals surface area contributed by atoms with Gasteiger partial charge in [-0.2, -0.15) is 4.98 Å². The van der Waals surface area contributed by atoms with E-state index in [2.05, 4.69) is 15.5 Å². The van der Waals surface area contributed by atoms with Crippen LogP contribution in [-0.4, -0.2) is 55.5 Å². The summed E-state index contributed by atoms with van der Waals surface area (Å²) < 4.78 is 21.4. The van der Waals surface area contributed by atoms with Crippen molar-refractivity contribution in [3.63, 3.8) is 0 Å². The van der Waals surface area contributed by atoms with Crippen LogP contribution < -0.4 is 19.5 Å². The second kappa shape index (κ2) is 9.59. The van der Waals surface area contributed by atoms with E-state index < -0.39 is 0 Å². The van der Waals surface area contributed by atoms with Gasteiger partial charge < -0.3 is 29.0 Å². The van der Waals surface area contributed by atoms with Gasteiger partial charge in [-0.3, -0.25) is 0 Å². The van der Waals surface area contributed by atoms with Gasteiger partial charge in [-0.05, 0) is 25.0 Å². The standard InChI is InChI=1S/C23H26N4O5/c1-29-18-8-4-6-15(10-18)21-25-22(32-26-21)16-7-5-9-27(14-16)23(28)24-17-11-19(30-2)13-20(12-17)31-3/h4,6,8,10-13,16H,5,7,9,14H2,1-3H3,(H,24,28). The summed E-state index contributed by atoms with van der Waals surface area (Å²) in [6, 6.07) is 12.6. The van der Waals surface area contributed by atoms with Crippen LogP contribution >= 0.6 is 0 Å². The Morgan fingerprint density at radius 3 is 2.53 bits per heavy atom. The molecule has 168 valence electrons. The molecule has 32 heavy (non-hydrogen) atoms. The van der Waals surface area contributed by atoms with Crippen molar-refractivity contribution in [3.05, 3.63) is 48.4 Å². The average Bonchev–Trinajstić information content (AvgIpc) is 3.34. The molecule has 0 aliphatic carbocycles. The highest BCUT2D eigenvalue weighted by molar-refractivity contribution is 5.90. The predicted octanol–water partition coefficient (Wildman–Crippen LogP) is 4.17. The number of ether oxygens (including phenoxy) is 3. The van der Waals surface area contributed by atoms with Crippen molar-refractivity contribution >= 4 is 11.7 Å². The molecule has 9 nitrogen and oxygen atoms in total. The first-order valence-corrected chi connectivity index (χ1v) is 10.4. The molecule has 2 aromatic carbocycles. The van der Waals surface area contributed by atoms with Crippen LogP contribution in [0.1, 0.15) is 24.7 Å². The van der Waals surface area contributed by atoms with Gasteiger partial charge in [-0.25, -0.2) is 4.79 Å². The number of carbonyl (C=O) groups excluding carboxylic acids is 1. The molecule has 1 atom stereocenters. The number of aromatic nitrogens is 2. The zero-order chi connectivity index (χ0) is 22.5. The van der Waals surface area contributed by atoms with Crippen molar-refractivity contribution in [1.29, 1.82) is 0 Å². The van der Waals surface area contributed by atoms with E-state index in [-0.39, 0.29) is 11.9 Å². The van der Waals surface area contributed by atoms with Gasteiger partial charge in [0.05, 0.1) is 27.2 Å². The number of urea groups is 1. The first-order valence-electron chi connectivity index (χ1n) is 10.4. The van der Waals surface area contributed by atoms with Crippen molar-refractivity contribution in [2.24, 2.45) is 0 Å². The number of benzene rings is 2. The largest absolute Gasteiger partial charge is 0.497 e. The second-order valence-electron chi connectivity index (χ2n) is 7.50. The molecule has 2 heterocycles. The van der Waals surface area contributed by atoms with Gasteiger partial charge in [-0.1, -0.05) is 17.3 Å². The molecule has 2 amide bonds. The molecule has 9 heteroatoms. The number of nitrogens with one attached hydrogen (secondary N) is 1. The van der Waals surface area contributed by atoms with E-state index in [4.69, 9.17) is 18.7 Å². The van der Waals surface area contributed by atoms with E-state index in [1.165, 1.54) is 0 Å². The molecular weight excluding hydrogens is 412 g/mol. The summed E-state index contributed by atoms with van der Waals surface area (Å²) in [6.07, 6.45) is 1.72. The maximum atomic E-state index is 12.9. The number of piperidine rings is 1. The number of rotatable bonds is 6. The summed E-state index contributed by atoms with van der Waals surface area (Å²) in [4.78, 5) is 19.2. The van der Waals surface area contributed by atoms with Gasteiger partial charge in [0.15, 0.2) is 0 Å². The number of hydrogen-bond acceptors (Lipinski definition) is 7. The summed E-state index contributed by atoms with van der Waals surface area (Å²) in [6.45, 7) is 1.15. The van der Waals surface area contributed by atoms with Crippen molar-refractivity contribution in [2.45, 2.75) is 18.8 Å². The number of amides is 2. The molecule has 0 spiro atoms. The SMILES string of the molecule is COc1cc(NC(=O)N2CCCC(c3nc(-c4cccc(OC)c4)no3)C2)cc(OC)c1. The molecule has 3 aromatic rings. The van der Waals surface area contributed by atoms with Crippen LogP contribution in [0.4, 0.5) is 10.5 Å². The number of carbonyl (C=O) groups is 1. The van der Waals surface area contributed by atoms with Gasteiger partial charge in [0.25, 0.3) is 0 Å². The average molecular weight is 438 g/mol. The highest BCUT2D eigenvalue weighted by atomic mass is 16.5. The number of methoxy groups -OCH3 is 3. The van der Waals surface area contributed by atoms with E-state index in [1.54, 1.807) is 44.4 Å². The van der Waals surface area contributed by atoms with Crippen molar-refractivity contribution in [3.8, 4) is 28.6 Å². The maximum absolute atomic E-state index is 12.9. The highest BCUT2D eigenvalue weighted by Crippen LogP contribution is 2.30. The Hall–Kier alpha value is -3.75. The van der Waals surface area contributed by atoms with Crippen molar-refractivity contribution in [2.75, 3.05) is 39.7 Å². The smallest absolute Gasteiger partial charge is 0.321 e. The molecule has 0 saturated carbocycles. The Balaban J connectivity index is 1.44. The maximum Gasteiger partial charge on any atom is 0.321 e. The third-order valence-corrected chi connectivity index (χ3v) is 5.43. The van der Waals surface area contributed by atoms with Crippen LogP contribution in [0.2, 0.25) is 0 Å². The molecule has 1 aliphatic rings. The zero-order valence-electron chi connectivity index (χ0n) is 18.3. The Morgan fingerprint density at radius 1 is 1.06 bits per heavy atom. The van der Waals surface area contributed by atoms with Crippen LogP contribution in [0.5, 0.6) is 17.2 Å². The van der Waals surface area contributed by atoms with Crippen LogP contribution in [0.3, 0.4) is 0 Å². The Kier molecular flexibility index (Phi) is 6.44. The van der Waals surface area contributed by atoms with Gasteiger partial charge in [0.2, 0.25) is 11.7 Å². The summed E-state index contributed by atoms with van der Waals surface area (Å²) >= 11 is 0. The minimum Gasteiger partial charge on any atom is -0.497 e. The first-order chi connectivity index (χ1) is 15.6. The minimum atomic E-state index is -0.197. The summed E-state index contributed by atoms with van der Waals surface area (Å²) in [5, 5.41) is 7.05. The summed E-state index contributed by atoms with van der Waals surface area (Å²) in [7, 11) is 4.75. The van der Waals surface area contributed by atoms with Gasteiger partial charge in [0, 0.05) is 42.5 Å². The minimum absolute atomic E-state index is 0.0267. The quantitative estimate of drug-likeness (QED) is 0.616. The summed E-state index contributed by atoms with van der Waals surface area (Å²) in [5.74, 6) is 2.94. The first kappa shape index (κ1) is 21.5. The monoisotopic (exact) mass is 438 g/mol. The summed E-state index contributed by atoms with van der Waals surface area (Å²) in [5.41, 5.74) is 1.42. The lowest BCUT2D eigenvalue weighted by molar-refractivity contribution is 0.184. The number of anilines is 1. The molecule has 1 aromatic heterocycles. The Labute approximate surface area is 186 Å². The molecule has 0 radical (unpaired) electrons. The number of nitrogens with zero attached hydrogens (tertiary/aromatic N) is 3. The number of hydrogen-bond donors (Lipinski definition) is 1. The van der Waals surface area contributed by atoms with Gasteiger partial charge in [0.1, 0.15) is 17.2 Å². The van der Waals surface area contributed by atoms with E-state index in [0.29, 0.717) is 42.0 Å². The lowest BCUT2D eigenvalue weighted by Gasteiger charge is -2.31. The molecule has 1 fully saturated rings. The fraction of sp³-hybridized carbons (Fsp3) is 0.348. The molecular formula is C23H26N4O5. The lowest BCUT2D eigenvalue weighted by atomic mass is 9.98. The van der Waals surface area contributed by atoms with Crippen molar-refractivity contribution < 1.29 is 23.5 Å². The Bertz CT molecular complexity index is 1060. The van der Waals surface area contributed by atoms with Crippen LogP contribution in [0, 0.1) is 0 Å². The van der Waals surface area contributed by atoms with Crippen LogP contribution in [0.25, 0.3) is 11.4 Å². The molecule has 1 N–H and O–H groups in total. The molecule has 1 unspecified atom stereocenters. The third-order valence-electron chi connectivity index (χ3n) is 5.43. The van der Waals surface area contributed by atoms with Gasteiger partial charge in [-0.15, -0.1) is 0 Å². The second-order valence-corrected chi connectivity index (χ2v) is 7.50. The van der Waals surface area contributed by atoms with Crippen LogP contribution in [0.15, 0.2) is 47.0 Å².